The minimum absolute atomic E-state index is 0.202. The van der Waals surface area contributed by atoms with Crippen molar-refractivity contribution in [3.05, 3.63) is 57.8 Å². The first-order valence-corrected chi connectivity index (χ1v) is 7.29. The average molecular weight is 281 g/mol. The van der Waals surface area contributed by atoms with Crippen molar-refractivity contribution < 1.29 is 8.78 Å². The molecule has 0 aliphatic rings. The molecule has 1 aromatic heterocycles. The third-order valence-corrected chi connectivity index (χ3v) is 4.00. The van der Waals surface area contributed by atoms with Crippen molar-refractivity contribution in [2.75, 3.05) is 0 Å². The summed E-state index contributed by atoms with van der Waals surface area (Å²) in [5.41, 5.74) is 0.373. The van der Waals surface area contributed by atoms with Crippen molar-refractivity contribution in [2.24, 2.45) is 0 Å². The van der Waals surface area contributed by atoms with Crippen LogP contribution >= 0.6 is 11.3 Å². The lowest BCUT2D eigenvalue weighted by Gasteiger charge is -2.17. The van der Waals surface area contributed by atoms with Gasteiger partial charge in [-0.25, -0.2) is 8.78 Å². The highest BCUT2D eigenvalue weighted by atomic mass is 32.1. The molecule has 0 radical (unpaired) electrons. The Morgan fingerprint density at radius 2 is 2.11 bits per heavy atom. The lowest BCUT2D eigenvalue weighted by Crippen LogP contribution is -2.20. The molecule has 19 heavy (non-hydrogen) atoms. The van der Waals surface area contributed by atoms with E-state index in [9.17, 15) is 8.78 Å². The van der Waals surface area contributed by atoms with Crippen LogP contribution in [0.25, 0.3) is 0 Å². The van der Waals surface area contributed by atoms with Crippen LogP contribution < -0.4 is 5.32 Å². The molecular weight excluding hydrogens is 264 g/mol. The third-order valence-electron chi connectivity index (χ3n) is 3.01. The summed E-state index contributed by atoms with van der Waals surface area (Å²) < 4.78 is 26.6. The maximum atomic E-state index is 13.5. The minimum atomic E-state index is -0.402. The van der Waals surface area contributed by atoms with Crippen molar-refractivity contribution in [3.8, 4) is 0 Å². The Morgan fingerprint density at radius 1 is 1.26 bits per heavy atom. The Kier molecular flexibility index (Phi) is 5.05. The summed E-state index contributed by atoms with van der Waals surface area (Å²) in [5, 5.41) is 5.34. The van der Waals surface area contributed by atoms with Crippen molar-refractivity contribution in [3.63, 3.8) is 0 Å². The lowest BCUT2D eigenvalue weighted by atomic mass is 10.1. The van der Waals surface area contributed by atoms with Gasteiger partial charge in [0.15, 0.2) is 0 Å². The molecule has 0 saturated carbocycles. The second-order valence-electron chi connectivity index (χ2n) is 4.47. The molecule has 0 saturated heterocycles. The van der Waals surface area contributed by atoms with E-state index in [0.717, 1.165) is 18.9 Å². The van der Waals surface area contributed by atoms with Crippen molar-refractivity contribution in [1.29, 1.82) is 0 Å². The van der Waals surface area contributed by atoms with Gasteiger partial charge < -0.3 is 5.32 Å². The van der Waals surface area contributed by atoms with Crippen molar-refractivity contribution in [1.82, 2.24) is 5.32 Å². The Morgan fingerprint density at radius 3 is 2.79 bits per heavy atom. The number of thiophene rings is 1. The number of benzene rings is 1. The SMILES string of the molecule is CCCC(NCc1cc(F)ccc1F)c1cccs1. The molecular formula is C15H17F2NS. The van der Waals surface area contributed by atoms with Gasteiger partial charge in [0.25, 0.3) is 0 Å². The highest BCUT2D eigenvalue weighted by Crippen LogP contribution is 2.24. The first kappa shape index (κ1) is 14.2. The molecule has 0 aliphatic carbocycles. The molecule has 0 bridgehead atoms. The molecule has 1 aromatic carbocycles. The van der Waals surface area contributed by atoms with Gasteiger partial charge in [-0.05, 0) is 36.1 Å². The number of hydrogen-bond acceptors (Lipinski definition) is 2. The first-order valence-electron chi connectivity index (χ1n) is 6.41. The largest absolute Gasteiger partial charge is 0.305 e. The predicted octanol–water partition coefficient (Wildman–Crippen LogP) is 4.66. The highest BCUT2D eigenvalue weighted by molar-refractivity contribution is 7.10. The topological polar surface area (TPSA) is 12.0 Å². The fourth-order valence-electron chi connectivity index (χ4n) is 2.04. The van der Waals surface area contributed by atoms with Crippen LogP contribution in [0.2, 0.25) is 0 Å². The zero-order valence-corrected chi connectivity index (χ0v) is 11.6. The fourth-order valence-corrected chi connectivity index (χ4v) is 2.87. The predicted molar refractivity (Wildman–Crippen MR) is 75.2 cm³/mol. The molecule has 1 N–H and O–H groups in total. The van der Waals surface area contributed by atoms with Gasteiger partial charge in [-0.3, -0.25) is 0 Å². The fraction of sp³-hybridized carbons (Fsp3) is 0.333. The van der Waals surface area contributed by atoms with Gasteiger partial charge in [0.05, 0.1) is 0 Å². The lowest BCUT2D eigenvalue weighted by molar-refractivity contribution is 0.486. The standard InChI is InChI=1S/C15H17F2NS/c1-2-4-14(15-5-3-8-19-15)18-10-11-9-12(16)6-7-13(11)17/h3,5-9,14,18H,2,4,10H2,1H3. The van der Waals surface area contributed by atoms with Gasteiger partial charge in [-0.2, -0.15) is 0 Å². The van der Waals surface area contributed by atoms with Gasteiger partial charge in [-0.1, -0.05) is 19.4 Å². The van der Waals surface area contributed by atoms with E-state index in [0.29, 0.717) is 12.1 Å². The average Bonchev–Trinajstić information content (AvgIpc) is 2.92. The van der Waals surface area contributed by atoms with E-state index in [2.05, 4.69) is 18.3 Å². The summed E-state index contributed by atoms with van der Waals surface area (Å²) in [6.45, 7) is 2.46. The van der Waals surface area contributed by atoms with E-state index >= 15 is 0 Å². The van der Waals surface area contributed by atoms with Crippen LogP contribution in [0.5, 0.6) is 0 Å². The molecule has 1 unspecified atom stereocenters. The second-order valence-corrected chi connectivity index (χ2v) is 5.45. The molecule has 1 atom stereocenters. The molecule has 2 rings (SSSR count). The summed E-state index contributed by atoms with van der Waals surface area (Å²) in [6, 6.07) is 7.84. The summed E-state index contributed by atoms with van der Waals surface area (Å²) in [6.07, 6.45) is 2.03. The Labute approximate surface area is 116 Å². The summed E-state index contributed by atoms with van der Waals surface area (Å²) in [4.78, 5) is 1.23. The Bertz CT molecular complexity index is 511. The zero-order chi connectivity index (χ0) is 13.7. The van der Waals surface area contributed by atoms with Crippen LogP contribution in [-0.4, -0.2) is 0 Å². The third kappa shape index (κ3) is 3.85. The molecule has 4 heteroatoms. The molecule has 0 aliphatic heterocycles. The Hall–Kier alpha value is -1.26. The van der Waals surface area contributed by atoms with Crippen LogP contribution in [0.3, 0.4) is 0 Å². The van der Waals surface area contributed by atoms with E-state index in [1.807, 2.05) is 11.4 Å². The first-order chi connectivity index (χ1) is 9.20. The monoisotopic (exact) mass is 281 g/mol. The van der Waals surface area contributed by atoms with E-state index in [-0.39, 0.29) is 11.9 Å². The Balaban J connectivity index is 2.04. The number of halogens is 2. The van der Waals surface area contributed by atoms with E-state index < -0.39 is 5.82 Å². The molecule has 102 valence electrons. The van der Waals surface area contributed by atoms with Gasteiger partial charge >= 0.3 is 0 Å². The maximum absolute atomic E-state index is 13.5. The molecule has 0 amide bonds. The van der Waals surface area contributed by atoms with Gasteiger partial charge in [0, 0.05) is 23.0 Å². The summed E-state index contributed by atoms with van der Waals surface area (Å²) in [7, 11) is 0. The van der Waals surface area contributed by atoms with Crippen LogP contribution in [-0.2, 0) is 6.54 Å². The molecule has 1 heterocycles. The van der Waals surface area contributed by atoms with Crippen LogP contribution in [0, 0.1) is 11.6 Å². The zero-order valence-electron chi connectivity index (χ0n) is 10.8. The maximum Gasteiger partial charge on any atom is 0.127 e. The van der Waals surface area contributed by atoms with Gasteiger partial charge in [-0.15, -0.1) is 11.3 Å². The van der Waals surface area contributed by atoms with Gasteiger partial charge in [0.1, 0.15) is 11.6 Å². The smallest absolute Gasteiger partial charge is 0.127 e. The molecule has 1 nitrogen and oxygen atoms in total. The van der Waals surface area contributed by atoms with Gasteiger partial charge in [0.2, 0.25) is 0 Å². The highest BCUT2D eigenvalue weighted by Gasteiger charge is 2.12. The molecule has 0 spiro atoms. The van der Waals surface area contributed by atoms with Crippen molar-refractivity contribution in [2.45, 2.75) is 32.4 Å². The van der Waals surface area contributed by atoms with E-state index in [1.54, 1.807) is 11.3 Å². The number of nitrogens with one attached hydrogen (secondary N) is 1. The normalized spacial score (nSPS) is 12.6. The number of rotatable bonds is 6. The van der Waals surface area contributed by atoms with Crippen molar-refractivity contribution >= 4 is 11.3 Å². The summed E-state index contributed by atoms with van der Waals surface area (Å²) >= 11 is 1.68. The second kappa shape index (κ2) is 6.78. The van der Waals surface area contributed by atoms with Crippen LogP contribution in [0.15, 0.2) is 35.7 Å². The minimum Gasteiger partial charge on any atom is -0.305 e. The van der Waals surface area contributed by atoms with Crippen LogP contribution in [0.4, 0.5) is 8.78 Å². The molecule has 2 aromatic rings. The van der Waals surface area contributed by atoms with E-state index in [4.69, 9.17) is 0 Å². The quantitative estimate of drug-likeness (QED) is 0.812. The number of hydrogen-bond donors (Lipinski definition) is 1. The molecule has 0 fully saturated rings. The van der Waals surface area contributed by atoms with E-state index in [1.165, 1.54) is 17.0 Å². The summed E-state index contributed by atoms with van der Waals surface area (Å²) in [5.74, 6) is -0.767. The van der Waals surface area contributed by atoms with Crippen LogP contribution in [0.1, 0.15) is 36.2 Å².